The molecule has 0 spiro atoms. The molecular formula is C44H39AuClO4P3. The Hall–Kier alpha value is -3.30. The van der Waals surface area contributed by atoms with E-state index in [-0.39, 0.29) is 38.2 Å². The molecule has 0 N–H and O–H groups in total. The van der Waals surface area contributed by atoms with Crippen LogP contribution in [-0.2, 0) is 22.4 Å². The second-order valence-electron chi connectivity index (χ2n) is 11.4. The van der Waals surface area contributed by atoms with Crippen LogP contribution in [0.3, 0.4) is 0 Å². The summed E-state index contributed by atoms with van der Waals surface area (Å²) in [5.41, 5.74) is 0. The van der Waals surface area contributed by atoms with Gasteiger partial charge in [-0.25, -0.2) is 18.6 Å². The van der Waals surface area contributed by atoms with Gasteiger partial charge >= 0.3 is 22.4 Å². The van der Waals surface area contributed by atoms with Gasteiger partial charge in [-0.1, -0.05) is 212 Å². The molecule has 0 bridgehead atoms. The molecule has 0 aliphatic carbocycles. The Balaban J connectivity index is 0.000000217. The zero-order chi connectivity index (χ0) is 36.4. The molecule has 0 saturated heterocycles. The summed E-state index contributed by atoms with van der Waals surface area (Å²) in [6.07, 6.45) is 2.41. The van der Waals surface area contributed by atoms with Crippen molar-refractivity contribution < 1.29 is 51.3 Å². The predicted molar refractivity (Wildman–Crippen MR) is 213 cm³/mol. The van der Waals surface area contributed by atoms with E-state index >= 15 is 0 Å². The average molecular weight is 957 g/mol. The Labute approximate surface area is 334 Å². The van der Waals surface area contributed by atoms with Gasteiger partial charge in [-0.15, -0.1) is 10.2 Å². The van der Waals surface area contributed by atoms with Crippen molar-refractivity contribution in [2.24, 2.45) is 0 Å². The molecule has 0 saturated carbocycles. The SMILES string of the molecule is [Au+].[O-][Cl+3]([O-])([O-])[O-].c1ccc(P(CCP(c2ccccc2)c2ccccc2)c2ccccc2)cc1.c1ccc(P(c2ccccc2)c2ccccc2)cc1. The maximum atomic E-state index is 8.49. The maximum Gasteiger partial charge on any atom is 1.00 e. The second kappa shape index (κ2) is 22.8. The monoisotopic (exact) mass is 956 g/mol. The van der Waals surface area contributed by atoms with Crippen LogP contribution in [0.1, 0.15) is 0 Å². The van der Waals surface area contributed by atoms with Crippen molar-refractivity contribution in [2.45, 2.75) is 0 Å². The smallest absolute Gasteiger partial charge is 0.222 e. The third kappa shape index (κ3) is 14.5. The first-order valence-corrected chi connectivity index (χ1v) is 22.3. The van der Waals surface area contributed by atoms with E-state index in [0.717, 1.165) is 0 Å². The Morgan fingerprint density at radius 2 is 0.434 bits per heavy atom. The molecule has 9 heteroatoms. The molecule has 0 atom stereocenters. The topological polar surface area (TPSA) is 92.2 Å². The molecular weight excluding hydrogens is 918 g/mol. The fraction of sp³-hybridized carbons (Fsp3) is 0.0455. The predicted octanol–water partition coefficient (Wildman–Crippen LogP) is 3.94. The molecule has 0 unspecified atom stereocenters. The van der Waals surface area contributed by atoms with Gasteiger partial charge in [0, 0.05) is 0 Å². The average Bonchev–Trinajstić information content (AvgIpc) is 3.19. The van der Waals surface area contributed by atoms with Crippen molar-refractivity contribution in [2.75, 3.05) is 12.3 Å². The van der Waals surface area contributed by atoms with Gasteiger partial charge in [-0.05, 0) is 73.2 Å². The van der Waals surface area contributed by atoms with E-state index in [9.17, 15) is 0 Å². The van der Waals surface area contributed by atoms with Crippen LogP contribution in [0, 0.1) is 10.2 Å². The van der Waals surface area contributed by atoms with Crippen molar-refractivity contribution in [3.8, 4) is 0 Å². The van der Waals surface area contributed by atoms with Gasteiger partial charge in [0.15, 0.2) is 0 Å². The molecule has 4 nitrogen and oxygen atoms in total. The largest absolute Gasteiger partial charge is 1.00 e. The summed E-state index contributed by atoms with van der Waals surface area (Å²) in [6.45, 7) is 0. The summed E-state index contributed by atoms with van der Waals surface area (Å²) >= 11 is 0. The van der Waals surface area contributed by atoms with Crippen molar-refractivity contribution in [3.05, 3.63) is 212 Å². The van der Waals surface area contributed by atoms with Gasteiger partial charge in [-0.3, -0.25) is 0 Å². The fourth-order valence-corrected chi connectivity index (χ4v) is 13.3. The van der Waals surface area contributed by atoms with Crippen LogP contribution in [0.4, 0.5) is 0 Å². The number of hydrogen-bond acceptors (Lipinski definition) is 4. The molecule has 0 aliphatic rings. The van der Waals surface area contributed by atoms with Gasteiger partial charge in [0.05, 0.1) is 0 Å². The standard InChI is InChI=1S/C26H24P2.C18H15P.Au.ClHO4/c1-5-13-23(14-6-1)27(24-15-7-2-8-16-24)21-22-28(25-17-9-3-10-18-25)26-19-11-4-12-20-26;1-4-10-16(11-5-1)19(17-12-6-2-7-13-17)18-14-8-3-9-15-18;;2-1(3,4)5/h1-20H,21-22H2;1-15H;;(H,2,3,4,5)/q;;+1;/p-1. The summed E-state index contributed by atoms with van der Waals surface area (Å²) in [4.78, 5) is 0. The third-order valence-corrected chi connectivity index (χ3v) is 15.7. The quantitative estimate of drug-likeness (QED) is 0.154. The van der Waals surface area contributed by atoms with E-state index in [0.29, 0.717) is 0 Å². The van der Waals surface area contributed by atoms with Gasteiger partial charge in [0.2, 0.25) is 0 Å². The van der Waals surface area contributed by atoms with E-state index in [2.05, 4.69) is 212 Å². The molecule has 0 aromatic heterocycles. The Bertz CT molecular complexity index is 1720. The number of rotatable bonds is 10. The molecule has 0 radical (unpaired) electrons. The summed E-state index contributed by atoms with van der Waals surface area (Å²) < 4.78 is 34.0. The molecule has 53 heavy (non-hydrogen) atoms. The number of hydrogen-bond donors (Lipinski definition) is 0. The molecule has 272 valence electrons. The third-order valence-electron chi connectivity index (χ3n) is 7.86. The molecule has 7 aromatic rings. The van der Waals surface area contributed by atoms with E-state index in [1.807, 2.05) is 0 Å². The van der Waals surface area contributed by atoms with Crippen molar-refractivity contribution in [3.63, 3.8) is 0 Å². The molecule has 0 aliphatic heterocycles. The van der Waals surface area contributed by atoms with Crippen LogP contribution < -0.4 is 55.8 Å². The number of halogens is 1. The van der Waals surface area contributed by atoms with Crippen LogP contribution in [-0.4, -0.2) is 12.3 Å². The zero-order valence-corrected chi connectivity index (χ0v) is 34.4. The van der Waals surface area contributed by atoms with E-state index in [4.69, 9.17) is 18.6 Å². The van der Waals surface area contributed by atoms with Crippen molar-refractivity contribution in [1.82, 2.24) is 0 Å². The molecule has 7 aromatic carbocycles. The van der Waals surface area contributed by atoms with Crippen LogP contribution in [0.5, 0.6) is 0 Å². The van der Waals surface area contributed by atoms with Crippen LogP contribution in [0.25, 0.3) is 0 Å². The minimum absolute atomic E-state index is 0. The maximum absolute atomic E-state index is 8.49. The second-order valence-corrected chi connectivity index (χ2v) is 19.0. The molecule has 0 heterocycles. The summed E-state index contributed by atoms with van der Waals surface area (Å²) in [5.74, 6) is 0. The van der Waals surface area contributed by atoms with E-state index < -0.39 is 18.2 Å². The van der Waals surface area contributed by atoms with Crippen molar-refractivity contribution >= 4 is 60.9 Å². The van der Waals surface area contributed by atoms with E-state index in [1.54, 1.807) is 0 Å². The van der Waals surface area contributed by atoms with Gasteiger partial charge < -0.3 is 0 Å². The fourth-order valence-electron chi connectivity index (χ4n) is 5.62. The first-order chi connectivity index (χ1) is 25.4. The summed E-state index contributed by atoms with van der Waals surface area (Å²) in [6, 6.07) is 76.5. The first-order valence-electron chi connectivity index (χ1n) is 16.7. The van der Waals surface area contributed by atoms with Crippen LogP contribution >= 0.6 is 23.8 Å². The first kappa shape index (κ1) is 42.4. The van der Waals surface area contributed by atoms with Crippen LogP contribution in [0.2, 0.25) is 0 Å². The molecule has 0 fully saturated rings. The minimum atomic E-state index is -4.94. The minimum Gasteiger partial charge on any atom is -0.222 e. The van der Waals surface area contributed by atoms with Gasteiger partial charge in [0.25, 0.3) is 0 Å². The van der Waals surface area contributed by atoms with Gasteiger partial charge in [0.1, 0.15) is 0 Å². The number of benzene rings is 7. The molecule has 7 rings (SSSR count). The van der Waals surface area contributed by atoms with Crippen LogP contribution in [0.15, 0.2) is 212 Å². The molecule has 0 amide bonds. The Morgan fingerprint density at radius 1 is 0.283 bits per heavy atom. The summed E-state index contributed by atoms with van der Waals surface area (Å²) in [5, 5.41) is 10.1. The van der Waals surface area contributed by atoms with Gasteiger partial charge in [-0.2, -0.15) is 0 Å². The Morgan fingerprint density at radius 3 is 0.604 bits per heavy atom. The normalized spacial score (nSPS) is 10.8. The Kier molecular flexibility index (Phi) is 18.3. The summed E-state index contributed by atoms with van der Waals surface area (Å²) in [7, 11) is -6.09. The van der Waals surface area contributed by atoms with E-state index in [1.165, 1.54) is 49.5 Å². The van der Waals surface area contributed by atoms with Crippen molar-refractivity contribution in [1.29, 1.82) is 0 Å². The zero-order valence-electron chi connectivity index (χ0n) is 28.8.